The van der Waals surface area contributed by atoms with Gasteiger partial charge in [-0.2, -0.15) is 0 Å². The van der Waals surface area contributed by atoms with Crippen molar-refractivity contribution in [1.29, 1.82) is 0 Å². The molecule has 18 heavy (non-hydrogen) atoms. The zero-order valence-corrected chi connectivity index (χ0v) is 10.8. The first-order valence-electron chi connectivity index (χ1n) is 6.20. The third kappa shape index (κ3) is 5.01. The standard InChI is InChI=1S/C12H21NO5/c1-8-3-4-9(18-8)5-6-11(14)13-7-10(17-2)12(15)16/h8-10H,3-7H2,1-2H3,(H,13,14)(H,15,16). The van der Waals surface area contributed by atoms with Crippen molar-refractivity contribution >= 4 is 11.9 Å². The van der Waals surface area contributed by atoms with E-state index >= 15 is 0 Å². The van der Waals surface area contributed by atoms with Gasteiger partial charge in [-0.3, -0.25) is 4.79 Å². The van der Waals surface area contributed by atoms with E-state index in [0.717, 1.165) is 12.8 Å². The van der Waals surface area contributed by atoms with E-state index in [1.165, 1.54) is 7.11 Å². The third-order valence-corrected chi connectivity index (χ3v) is 3.06. The van der Waals surface area contributed by atoms with E-state index in [1.54, 1.807) is 0 Å². The number of carbonyl (C=O) groups excluding carboxylic acids is 1. The van der Waals surface area contributed by atoms with Crippen molar-refractivity contribution in [3.05, 3.63) is 0 Å². The summed E-state index contributed by atoms with van der Waals surface area (Å²) in [5.74, 6) is -1.24. The summed E-state index contributed by atoms with van der Waals surface area (Å²) < 4.78 is 10.3. The van der Waals surface area contributed by atoms with Crippen LogP contribution in [-0.2, 0) is 19.1 Å². The lowest BCUT2D eigenvalue weighted by molar-refractivity contribution is -0.148. The maximum atomic E-state index is 11.5. The molecule has 1 heterocycles. The summed E-state index contributed by atoms with van der Waals surface area (Å²) in [6.07, 6.45) is 2.51. The molecule has 0 saturated carbocycles. The molecule has 0 aromatic carbocycles. The Morgan fingerprint density at radius 2 is 2.22 bits per heavy atom. The molecule has 104 valence electrons. The molecule has 1 aliphatic heterocycles. The van der Waals surface area contributed by atoms with Crippen LogP contribution in [0.5, 0.6) is 0 Å². The Labute approximate surface area is 107 Å². The molecule has 0 aromatic rings. The Morgan fingerprint density at radius 3 is 2.72 bits per heavy atom. The average Bonchev–Trinajstić information content (AvgIpc) is 2.73. The lowest BCUT2D eigenvalue weighted by Gasteiger charge is -2.13. The number of carboxylic acid groups (broad SMARTS) is 1. The number of carbonyl (C=O) groups is 2. The van der Waals surface area contributed by atoms with Crippen molar-refractivity contribution < 1.29 is 24.2 Å². The van der Waals surface area contributed by atoms with Crippen LogP contribution >= 0.6 is 0 Å². The maximum Gasteiger partial charge on any atom is 0.334 e. The van der Waals surface area contributed by atoms with Gasteiger partial charge in [-0.15, -0.1) is 0 Å². The summed E-state index contributed by atoms with van der Waals surface area (Å²) >= 11 is 0. The van der Waals surface area contributed by atoms with Crippen molar-refractivity contribution in [3.63, 3.8) is 0 Å². The van der Waals surface area contributed by atoms with E-state index in [2.05, 4.69) is 5.32 Å². The van der Waals surface area contributed by atoms with Gasteiger partial charge >= 0.3 is 5.97 Å². The van der Waals surface area contributed by atoms with Crippen LogP contribution < -0.4 is 5.32 Å². The Balaban J connectivity index is 2.15. The normalized spacial score (nSPS) is 24.8. The molecule has 3 unspecified atom stereocenters. The van der Waals surface area contributed by atoms with E-state index in [0.29, 0.717) is 12.8 Å². The van der Waals surface area contributed by atoms with Gasteiger partial charge in [0, 0.05) is 13.5 Å². The molecule has 3 atom stereocenters. The fourth-order valence-electron chi connectivity index (χ4n) is 1.96. The van der Waals surface area contributed by atoms with Gasteiger partial charge in [-0.05, 0) is 26.2 Å². The van der Waals surface area contributed by atoms with Gasteiger partial charge in [-0.25, -0.2) is 4.79 Å². The lowest BCUT2D eigenvalue weighted by atomic mass is 10.1. The number of carboxylic acids is 1. The van der Waals surface area contributed by atoms with Gasteiger partial charge in [-0.1, -0.05) is 0 Å². The summed E-state index contributed by atoms with van der Waals surface area (Å²) in [6.45, 7) is 2.02. The van der Waals surface area contributed by atoms with Crippen LogP contribution in [-0.4, -0.2) is 48.9 Å². The molecular weight excluding hydrogens is 238 g/mol. The Hall–Kier alpha value is -1.14. The summed E-state index contributed by atoms with van der Waals surface area (Å²) in [5.41, 5.74) is 0. The highest BCUT2D eigenvalue weighted by molar-refractivity contribution is 5.78. The van der Waals surface area contributed by atoms with Crippen molar-refractivity contribution in [2.24, 2.45) is 0 Å². The number of aliphatic carboxylic acids is 1. The van der Waals surface area contributed by atoms with Gasteiger partial charge in [0.2, 0.25) is 5.91 Å². The molecule has 1 aliphatic rings. The summed E-state index contributed by atoms with van der Waals surface area (Å²) in [5, 5.41) is 11.3. The maximum absolute atomic E-state index is 11.5. The van der Waals surface area contributed by atoms with E-state index in [1.807, 2.05) is 6.92 Å². The topological polar surface area (TPSA) is 84.9 Å². The first kappa shape index (κ1) is 14.9. The molecule has 1 amide bonds. The van der Waals surface area contributed by atoms with E-state index in [-0.39, 0.29) is 24.7 Å². The minimum atomic E-state index is -1.08. The number of ether oxygens (including phenoxy) is 2. The molecule has 6 heteroatoms. The Kier molecular flexibility index (Phi) is 6.07. The van der Waals surface area contributed by atoms with E-state index in [4.69, 9.17) is 14.6 Å². The van der Waals surface area contributed by atoms with Crippen LogP contribution in [0.2, 0.25) is 0 Å². The minimum Gasteiger partial charge on any atom is -0.479 e. The van der Waals surface area contributed by atoms with Gasteiger partial charge in [0.05, 0.1) is 18.8 Å². The predicted octanol–water partition coefficient (Wildman–Crippen LogP) is 0.550. The molecule has 1 fully saturated rings. The fraction of sp³-hybridized carbons (Fsp3) is 0.833. The largest absolute Gasteiger partial charge is 0.479 e. The number of amides is 1. The van der Waals surface area contributed by atoms with Gasteiger partial charge in [0.15, 0.2) is 6.10 Å². The average molecular weight is 259 g/mol. The fourth-order valence-corrected chi connectivity index (χ4v) is 1.96. The monoisotopic (exact) mass is 259 g/mol. The van der Waals surface area contributed by atoms with Crippen molar-refractivity contribution in [1.82, 2.24) is 5.32 Å². The summed E-state index contributed by atoms with van der Waals surface area (Å²) in [6, 6.07) is 0. The second kappa shape index (κ2) is 7.33. The molecule has 1 saturated heterocycles. The van der Waals surface area contributed by atoms with Crippen LogP contribution in [0.1, 0.15) is 32.6 Å². The molecule has 0 bridgehead atoms. The predicted molar refractivity (Wildman–Crippen MR) is 64.2 cm³/mol. The first-order valence-corrected chi connectivity index (χ1v) is 6.20. The lowest BCUT2D eigenvalue weighted by Crippen LogP contribution is -2.38. The van der Waals surface area contributed by atoms with Gasteiger partial charge < -0.3 is 19.9 Å². The molecule has 0 spiro atoms. The number of hydrogen-bond acceptors (Lipinski definition) is 4. The van der Waals surface area contributed by atoms with Crippen LogP contribution in [0, 0.1) is 0 Å². The van der Waals surface area contributed by atoms with Gasteiger partial charge in [0.25, 0.3) is 0 Å². The molecular formula is C12H21NO5. The molecule has 0 radical (unpaired) electrons. The minimum absolute atomic E-state index is 0.00735. The van der Waals surface area contributed by atoms with Crippen LogP contribution in [0.15, 0.2) is 0 Å². The van der Waals surface area contributed by atoms with Gasteiger partial charge in [0.1, 0.15) is 0 Å². The zero-order valence-electron chi connectivity index (χ0n) is 10.8. The van der Waals surface area contributed by atoms with E-state index in [9.17, 15) is 9.59 Å². The number of methoxy groups -OCH3 is 1. The second-order valence-electron chi connectivity index (χ2n) is 4.55. The highest BCUT2D eigenvalue weighted by Crippen LogP contribution is 2.22. The molecule has 0 aliphatic carbocycles. The summed E-state index contributed by atoms with van der Waals surface area (Å²) in [4.78, 5) is 22.2. The molecule has 0 aromatic heterocycles. The van der Waals surface area contributed by atoms with Crippen LogP contribution in [0.4, 0.5) is 0 Å². The summed E-state index contributed by atoms with van der Waals surface area (Å²) in [7, 11) is 1.30. The third-order valence-electron chi connectivity index (χ3n) is 3.06. The molecule has 6 nitrogen and oxygen atoms in total. The SMILES string of the molecule is COC(CNC(=O)CCC1CCC(C)O1)C(=O)O. The highest BCUT2D eigenvalue weighted by Gasteiger charge is 2.22. The number of rotatable bonds is 7. The quantitative estimate of drug-likeness (QED) is 0.697. The Bertz CT molecular complexity index is 294. The molecule has 1 rings (SSSR count). The number of nitrogens with one attached hydrogen (secondary N) is 1. The Morgan fingerprint density at radius 1 is 1.50 bits per heavy atom. The smallest absolute Gasteiger partial charge is 0.334 e. The van der Waals surface area contributed by atoms with Crippen molar-refractivity contribution in [2.45, 2.75) is 50.9 Å². The molecule has 2 N–H and O–H groups in total. The zero-order chi connectivity index (χ0) is 13.5. The van der Waals surface area contributed by atoms with Crippen molar-refractivity contribution in [3.8, 4) is 0 Å². The van der Waals surface area contributed by atoms with Crippen LogP contribution in [0.25, 0.3) is 0 Å². The van der Waals surface area contributed by atoms with Crippen LogP contribution in [0.3, 0.4) is 0 Å². The van der Waals surface area contributed by atoms with E-state index < -0.39 is 12.1 Å². The number of hydrogen-bond donors (Lipinski definition) is 2. The highest BCUT2D eigenvalue weighted by atomic mass is 16.5. The van der Waals surface area contributed by atoms with Crippen molar-refractivity contribution in [2.75, 3.05) is 13.7 Å². The first-order chi connectivity index (χ1) is 8.52. The second-order valence-corrected chi connectivity index (χ2v) is 4.55.